The number of tetrazole rings is 1. The van der Waals surface area contributed by atoms with E-state index < -0.39 is 0 Å². The highest BCUT2D eigenvalue weighted by Gasteiger charge is 2.27. The van der Waals surface area contributed by atoms with E-state index in [-0.39, 0.29) is 6.04 Å². The van der Waals surface area contributed by atoms with Gasteiger partial charge in [0.2, 0.25) is 0 Å². The van der Waals surface area contributed by atoms with Gasteiger partial charge in [0.25, 0.3) is 0 Å². The summed E-state index contributed by atoms with van der Waals surface area (Å²) in [7, 11) is 0. The number of hydrogen-bond acceptors (Lipinski definition) is 5. The zero-order chi connectivity index (χ0) is 17.1. The van der Waals surface area contributed by atoms with Gasteiger partial charge in [0.15, 0.2) is 5.82 Å². The number of hydrogen-bond donors (Lipinski definition) is 1. The molecule has 1 saturated heterocycles. The number of nitrogens with zero attached hydrogens (tertiary/aromatic N) is 5. The van der Waals surface area contributed by atoms with Crippen LogP contribution in [0.2, 0.25) is 5.02 Å². The summed E-state index contributed by atoms with van der Waals surface area (Å²) in [6.45, 7) is 3.38. The fourth-order valence-electron chi connectivity index (χ4n) is 3.24. The second-order valence-electron chi connectivity index (χ2n) is 6.05. The molecule has 4 rings (SSSR count). The Bertz CT molecular complexity index is 834. The van der Waals surface area contributed by atoms with E-state index in [1.165, 1.54) is 0 Å². The summed E-state index contributed by atoms with van der Waals surface area (Å²) in [5.74, 6) is 0.824. The number of para-hydroxylation sites is 1. The molecular formula is C18H19ClN6. The van der Waals surface area contributed by atoms with Crippen LogP contribution in [0.15, 0.2) is 54.6 Å². The largest absolute Gasteiger partial charge is 0.314 e. The molecule has 1 N–H and O–H groups in total. The van der Waals surface area contributed by atoms with E-state index in [0.717, 1.165) is 41.7 Å². The zero-order valence-electron chi connectivity index (χ0n) is 13.7. The Morgan fingerprint density at radius 1 is 1.08 bits per heavy atom. The third kappa shape index (κ3) is 3.42. The van der Waals surface area contributed by atoms with Crippen LogP contribution in [-0.4, -0.2) is 44.7 Å². The Hall–Kier alpha value is -2.28. The molecule has 1 atom stereocenters. The lowest BCUT2D eigenvalue weighted by Gasteiger charge is -2.36. The third-order valence-corrected chi connectivity index (χ3v) is 4.84. The van der Waals surface area contributed by atoms with Crippen LogP contribution < -0.4 is 5.32 Å². The van der Waals surface area contributed by atoms with Crippen molar-refractivity contribution in [1.82, 2.24) is 30.4 Å². The van der Waals surface area contributed by atoms with Gasteiger partial charge in [0, 0.05) is 30.7 Å². The van der Waals surface area contributed by atoms with E-state index in [9.17, 15) is 0 Å². The second kappa shape index (κ2) is 7.31. The molecule has 0 aliphatic carbocycles. The Labute approximate surface area is 151 Å². The molecule has 7 heteroatoms. The maximum atomic E-state index is 6.43. The summed E-state index contributed by atoms with van der Waals surface area (Å²) in [5.41, 5.74) is 2.10. The molecule has 1 unspecified atom stereocenters. The molecule has 1 fully saturated rings. The van der Waals surface area contributed by atoms with E-state index >= 15 is 0 Å². The molecule has 0 radical (unpaired) electrons. The lowest BCUT2D eigenvalue weighted by atomic mass is 10.0. The van der Waals surface area contributed by atoms with Crippen molar-refractivity contribution in [3.8, 4) is 5.69 Å². The lowest BCUT2D eigenvalue weighted by Crippen LogP contribution is -2.46. The van der Waals surface area contributed by atoms with Gasteiger partial charge in [-0.25, -0.2) is 0 Å². The highest BCUT2D eigenvalue weighted by Crippen LogP contribution is 2.29. The monoisotopic (exact) mass is 354 g/mol. The number of rotatable bonds is 4. The van der Waals surface area contributed by atoms with Crippen LogP contribution in [0, 0.1) is 0 Å². The quantitative estimate of drug-likeness (QED) is 0.780. The number of halogens is 1. The molecule has 2 aromatic carbocycles. The standard InChI is InChI=1S/C18H19ClN6/c19-16-9-5-4-8-15(16)17-12-20-10-11-24(17)13-18-21-22-23-25(18)14-6-2-1-3-7-14/h1-9,17,20H,10-13H2. The average molecular weight is 355 g/mol. The minimum atomic E-state index is 0.198. The summed E-state index contributed by atoms with van der Waals surface area (Å²) < 4.78 is 1.80. The highest BCUT2D eigenvalue weighted by molar-refractivity contribution is 6.31. The van der Waals surface area contributed by atoms with E-state index in [1.807, 2.05) is 48.5 Å². The molecule has 0 spiro atoms. The van der Waals surface area contributed by atoms with Gasteiger partial charge in [0.05, 0.1) is 12.2 Å². The Morgan fingerprint density at radius 3 is 2.72 bits per heavy atom. The van der Waals surface area contributed by atoms with E-state index in [2.05, 4.69) is 31.8 Å². The smallest absolute Gasteiger partial charge is 0.170 e. The van der Waals surface area contributed by atoms with Crippen LogP contribution in [0.25, 0.3) is 5.69 Å². The van der Waals surface area contributed by atoms with E-state index in [4.69, 9.17) is 11.6 Å². The first-order valence-corrected chi connectivity index (χ1v) is 8.72. The van der Waals surface area contributed by atoms with Crippen molar-refractivity contribution in [1.29, 1.82) is 0 Å². The van der Waals surface area contributed by atoms with E-state index in [0.29, 0.717) is 6.54 Å². The summed E-state index contributed by atoms with van der Waals surface area (Å²) >= 11 is 6.43. The van der Waals surface area contributed by atoms with Crippen LogP contribution >= 0.6 is 11.6 Å². The molecule has 0 amide bonds. The first kappa shape index (κ1) is 16.2. The molecule has 25 heavy (non-hydrogen) atoms. The summed E-state index contributed by atoms with van der Waals surface area (Å²) in [6.07, 6.45) is 0. The molecule has 1 aliphatic rings. The molecule has 1 aromatic heterocycles. The van der Waals surface area contributed by atoms with Gasteiger partial charge in [-0.1, -0.05) is 48.0 Å². The molecule has 2 heterocycles. The van der Waals surface area contributed by atoms with Gasteiger partial charge in [-0.15, -0.1) is 5.10 Å². The number of nitrogens with one attached hydrogen (secondary N) is 1. The first-order chi connectivity index (χ1) is 12.3. The van der Waals surface area contributed by atoms with Gasteiger partial charge in [-0.05, 0) is 34.2 Å². The van der Waals surface area contributed by atoms with Crippen LogP contribution in [0.1, 0.15) is 17.4 Å². The van der Waals surface area contributed by atoms with Gasteiger partial charge in [-0.3, -0.25) is 4.90 Å². The Morgan fingerprint density at radius 2 is 1.88 bits per heavy atom. The summed E-state index contributed by atoms with van der Waals surface area (Å²) in [6, 6.07) is 18.2. The van der Waals surface area contributed by atoms with Crippen LogP contribution in [-0.2, 0) is 6.54 Å². The van der Waals surface area contributed by atoms with E-state index in [1.54, 1.807) is 4.68 Å². The van der Waals surface area contributed by atoms with Crippen molar-refractivity contribution in [2.24, 2.45) is 0 Å². The number of benzene rings is 2. The maximum absolute atomic E-state index is 6.43. The Kier molecular flexibility index (Phi) is 4.74. The normalized spacial score (nSPS) is 18.4. The van der Waals surface area contributed by atoms with Crippen LogP contribution in [0.5, 0.6) is 0 Å². The molecule has 3 aromatic rings. The molecule has 1 aliphatic heterocycles. The first-order valence-electron chi connectivity index (χ1n) is 8.35. The van der Waals surface area contributed by atoms with Crippen LogP contribution in [0.3, 0.4) is 0 Å². The van der Waals surface area contributed by atoms with Crippen molar-refractivity contribution in [2.45, 2.75) is 12.6 Å². The highest BCUT2D eigenvalue weighted by atomic mass is 35.5. The minimum absolute atomic E-state index is 0.198. The SMILES string of the molecule is Clc1ccccc1C1CNCCN1Cc1nnnn1-c1ccccc1. The summed E-state index contributed by atoms with van der Waals surface area (Å²) in [5, 5.41) is 16.5. The number of aromatic nitrogens is 4. The molecule has 0 bridgehead atoms. The van der Waals surface area contributed by atoms with Gasteiger partial charge >= 0.3 is 0 Å². The van der Waals surface area contributed by atoms with Crippen molar-refractivity contribution >= 4 is 11.6 Å². The van der Waals surface area contributed by atoms with Crippen molar-refractivity contribution in [3.05, 3.63) is 71.0 Å². The molecule has 0 saturated carbocycles. The van der Waals surface area contributed by atoms with Crippen LogP contribution in [0.4, 0.5) is 0 Å². The zero-order valence-corrected chi connectivity index (χ0v) is 14.5. The topological polar surface area (TPSA) is 58.9 Å². The van der Waals surface area contributed by atoms with Gasteiger partial charge < -0.3 is 5.32 Å². The second-order valence-corrected chi connectivity index (χ2v) is 6.46. The summed E-state index contributed by atoms with van der Waals surface area (Å²) in [4.78, 5) is 2.38. The fourth-order valence-corrected chi connectivity index (χ4v) is 3.51. The fraction of sp³-hybridized carbons (Fsp3) is 0.278. The molecule has 128 valence electrons. The van der Waals surface area contributed by atoms with Crippen molar-refractivity contribution in [3.63, 3.8) is 0 Å². The third-order valence-electron chi connectivity index (χ3n) is 4.50. The minimum Gasteiger partial charge on any atom is -0.314 e. The molecule has 6 nitrogen and oxygen atoms in total. The maximum Gasteiger partial charge on any atom is 0.170 e. The average Bonchev–Trinajstić information content (AvgIpc) is 3.12. The van der Waals surface area contributed by atoms with Crippen molar-refractivity contribution in [2.75, 3.05) is 19.6 Å². The predicted molar refractivity (Wildman–Crippen MR) is 96.6 cm³/mol. The molecular weight excluding hydrogens is 336 g/mol. The van der Waals surface area contributed by atoms with Gasteiger partial charge in [-0.2, -0.15) is 4.68 Å². The predicted octanol–water partition coefficient (Wildman–Crippen LogP) is 2.46. The Balaban J connectivity index is 1.61. The lowest BCUT2D eigenvalue weighted by molar-refractivity contribution is 0.149. The number of piperazine rings is 1. The van der Waals surface area contributed by atoms with Gasteiger partial charge in [0.1, 0.15) is 0 Å². The van der Waals surface area contributed by atoms with Crippen molar-refractivity contribution < 1.29 is 0 Å².